The predicted molar refractivity (Wildman–Crippen MR) is 177 cm³/mol. The van der Waals surface area contributed by atoms with Crippen LogP contribution in [-0.2, 0) is 5.41 Å². The molecule has 8 rings (SSSR count). The van der Waals surface area contributed by atoms with Crippen molar-refractivity contribution in [3.05, 3.63) is 150 Å². The maximum absolute atomic E-state index is 14.1. The molecule has 0 saturated carbocycles. The number of benzene rings is 6. The van der Waals surface area contributed by atoms with Crippen LogP contribution in [-0.4, -0.2) is 30.6 Å². The van der Waals surface area contributed by atoms with E-state index in [0.717, 1.165) is 44.3 Å². The molecule has 0 heterocycles. The summed E-state index contributed by atoms with van der Waals surface area (Å²) < 4.78 is 125. The van der Waals surface area contributed by atoms with Crippen LogP contribution in [0.2, 0.25) is 0 Å². The zero-order chi connectivity index (χ0) is 36.0. The Labute approximate surface area is 285 Å². The minimum atomic E-state index is -6.94. The standard InChI is InChI=1S/C41H25F9O/c42-37(43,39(44,45)40(46,47)41(48,49)50)19-20-51-28-17-15-24-13-14-25(21-27(24)22-28)26-16-18-32-31-9-3-6-12-35(31)38(36(32)23-26)33-10-4-1-7-29(33)30-8-2-5-11-34(30)38/h1-18,21-23H,19-20H2. The minimum absolute atomic E-state index is 0.0520. The minimum Gasteiger partial charge on any atom is -0.493 e. The van der Waals surface area contributed by atoms with Crippen molar-refractivity contribution in [2.75, 3.05) is 6.61 Å². The van der Waals surface area contributed by atoms with Gasteiger partial charge >= 0.3 is 23.9 Å². The van der Waals surface area contributed by atoms with Gasteiger partial charge in [0.1, 0.15) is 5.75 Å². The van der Waals surface area contributed by atoms with Gasteiger partial charge in [-0.1, -0.05) is 103 Å². The monoisotopic (exact) mass is 704 g/mol. The van der Waals surface area contributed by atoms with Crippen molar-refractivity contribution in [1.82, 2.24) is 0 Å². The Morgan fingerprint density at radius 3 is 1.51 bits per heavy atom. The molecular weight excluding hydrogens is 679 g/mol. The zero-order valence-corrected chi connectivity index (χ0v) is 26.3. The van der Waals surface area contributed by atoms with Crippen molar-refractivity contribution < 1.29 is 44.3 Å². The van der Waals surface area contributed by atoms with E-state index in [1.165, 1.54) is 28.8 Å². The van der Waals surface area contributed by atoms with Gasteiger partial charge in [-0.25, -0.2) is 0 Å². The number of halogens is 9. The first kappa shape index (κ1) is 32.9. The van der Waals surface area contributed by atoms with Crippen LogP contribution in [0.3, 0.4) is 0 Å². The summed E-state index contributed by atoms with van der Waals surface area (Å²) in [6.07, 6.45) is -8.94. The van der Waals surface area contributed by atoms with Crippen molar-refractivity contribution in [3.8, 4) is 39.1 Å². The fourth-order valence-corrected chi connectivity index (χ4v) is 7.63. The highest BCUT2D eigenvalue weighted by Crippen LogP contribution is 2.63. The molecule has 2 aliphatic rings. The van der Waals surface area contributed by atoms with Crippen molar-refractivity contribution >= 4 is 10.8 Å². The van der Waals surface area contributed by atoms with Gasteiger partial charge in [-0.3, -0.25) is 0 Å². The van der Waals surface area contributed by atoms with Crippen molar-refractivity contribution in [1.29, 1.82) is 0 Å². The Bertz CT molecular complexity index is 2280. The number of hydrogen-bond acceptors (Lipinski definition) is 1. The summed E-state index contributed by atoms with van der Waals surface area (Å²) in [4.78, 5) is 0. The summed E-state index contributed by atoms with van der Waals surface area (Å²) in [7, 11) is 0. The van der Waals surface area contributed by atoms with Gasteiger partial charge < -0.3 is 4.74 Å². The van der Waals surface area contributed by atoms with Crippen LogP contribution in [0.1, 0.15) is 28.7 Å². The van der Waals surface area contributed by atoms with Gasteiger partial charge in [0, 0.05) is 0 Å². The molecule has 0 aromatic heterocycles. The first-order valence-electron chi connectivity index (χ1n) is 16.0. The third-order valence-corrected chi connectivity index (χ3v) is 10.0. The Balaban J connectivity index is 1.14. The lowest BCUT2D eigenvalue weighted by Gasteiger charge is -2.33. The Hall–Kier alpha value is -5.25. The first-order chi connectivity index (χ1) is 24.2. The number of hydrogen-bond donors (Lipinski definition) is 0. The summed E-state index contributed by atoms with van der Waals surface area (Å²) in [5.74, 6) is -19.4. The SMILES string of the molecule is FC(F)(F)C(F)(F)C(F)(F)C(F)(F)CCOc1ccc2ccc(-c3ccc4c(c3)C3(c5ccccc5-c5ccccc53)c3ccccc3-4)cc2c1. The lowest BCUT2D eigenvalue weighted by atomic mass is 9.70. The Morgan fingerprint density at radius 1 is 0.451 bits per heavy atom. The Kier molecular flexibility index (Phi) is 7.18. The molecule has 0 amide bonds. The second-order valence-electron chi connectivity index (χ2n) is 12.8. The number of rotatable bonds is 7. The van der Waals surface area contributed by atoms with E-state index in [4.69, 9.17) is 4.74 Å². The van der Waals surface area contributed by atoms with Crippen LogP contribution in [0.4, 0.5) is 39.5 Å². The van der Waals surface area contributed by atoms with E-state index in [-0.39, 0.29) is 5.75 Å². The van der Waals surface area contributed by atoms with Crippen LogP contribution in [0.15, 0.2) is 127 Å². The van der Waals surface area contributed by atoms with Crippen LogP contribution in [0, 0.1) is 0 Å². The van der Waals surface area contributed by atoms with E-state index >= 15 is 0 Å². The van der Waals surface area contributed by atoms with Crippen LogP contribution < -0.4 is 4.74 Å². The maximum atomic E-state index is 14.1. The molecule has 51 heavy (non-hydrogen) atoms. The molecule has 6 aromatic carbocycles. The van der Waals surface area contributed by atoms with Gasteiger partial charge in [0.05, 0.1) is 18.4 Å². The zero-order valence-electron chi connectivity index (χ0n) is 26.3. The molecule has 1 spiro atoms. The Morgan fingerprint density at radius 2 is 0.941 bits per heavy atom. The first-order valence-corrected chi connectivity index (χ1v) is 16.0. The molecule has 0 fully saturated rings. The molecule has 0 radical (unpaired) electrons. The summed E-state index contributed by atoms with van der Waals surface area (Å²) in [6.45, 7) is -1.24. The second-order valence-corrected chi connectivity index (χ2v) is 12.8. The molecule has 0 aliphatic heterocycles. The van der Waals surface area contributed by atoms with Crippen LogP contribution >= 0.6 is 0 Å². The molecule has 0 unspecified atom stereocenters. The van der Waals surface area contributed by atoms with Gasteiger partial charge in [-0.15, -0.1) is 0 Å². The highest BCUT2D eigenvalue weighted by atomic mass is 19.4. The summed E-state index contributed by atoms with van der Waals surface area (Å²) in [5, 5.41) is 1.33. The molecule has 1 nitrogen and oxygen atoms in total. The van der Waals surface area contributed by atoms with Crippen molar-refractivity contribution in [3.63, 3.8) is 0 Å². The van der Waals surface area contributed by atoms with Gasteiger partial charge in [-0.05, 0) is 90.7 Å². The highest BCUT2D eigenvalue weighted by molar-refractivity contribution is 5.96. The van der Waals surface area contributed by atoms with Gasteiger partial charge in [0.2, 0.25) is 0 Å². The van der Waals surface area contributed by atoms with E-state index in [1.807, 2.05) is 60.7 Å². The van der Waals surface area contributed by atoms with Gasteiger partial charge in [0.15, 0.2) is 0 Å². The third kappa shape index (κ3) is 4.64. The topological polar surface area (TPSA) is 9.23 Å². The predicted octanol–water partition coefficient (Wildman–Crippen LogP) is 12.1. The van der Waals surface area contributed by atoms with Gasteiger partial charge in [0.25, 0.3) is 0 Å². The fourth-order valence-electron chi connectivity index (χ4n) is 7.63. The van der Waals surface area contributed by atoms with E-state index in [0.29, 0.717) is 5.39 Å². The average Bonchev–Trinajstić information content (AvgIpc) is 3.58. The number of ether oxygens (including phenoxy) is 1. The summed E-state index contributed by atoms with van der Waals surface area (Å²) in [5.41, 5.74) is 10.4. The second kappa shape index (κ2) is 11.1. The van der Waals surface area contributed by atoms with E-state index in [2.05, 4.69) is 48.5 Å². The molecule has 0 saturated heterocycles. The van der Waals surface area contributed by atoms with E-state index < -0.39 is 42.4 Å². The lowest BCUT2D eigenvalue weighted by Crippen LogP contribution is -2.61. The molecule has 258 valence electrons. The lowest BCUT2D eigenvalue weighted by molar-refractivity contribution is -0.397. The molecule has 6 aromatic rings. The molecule has 2 aliphatic carbocycles. The van der Waals surface area contributed by atoms with Crippen LogP contribution in [0.25, 0.3) is 44.2 Å². The molecule has 10 heteroatoms. The summed E-state index contributed by atoms with van der Waals surface area (Å²) >= 11 is 0. The van der Waals surface area contributed by atoms with E-state index in [9.17, 15) is 39.5 Å². The largest absolute Gasteiger partial charge is 0.493 e. The highest BCUT2D eigenvalue weighted by Gasteiger charge is 2.81. The van der Waals surface area contributed by atoms with Crippen molar-refractivity contribution in [2.45, 2.75) is 35.8 Å². The normalized spacial score (nSPS) is 14.7. The smallest absolute Gasteiger partial charge is 0.460 e. The quantitative estimate of drug-likeness (QED) is 0.150. The summed E-state index contributed by atoms with van der Waals surface area (Å²) in [6, 6.07) is 41.5. The van der Waals surface area contributed by atoms with Gasteiger partial charge in [-0.2, -0.15) is 39.5 Å². The number of alkyl halides is 9. The molecule has 0 atom stereocenters. The molecular formula is C41H25F9O. The average molecular weight is 705 g/mol. The maximum Gasteiger partial charge on any atom is 0.460 e. The number of fused-ring (bicyclic) bond motifs is 11. The molecule has 0 bridgehead atoms. The van der Waals surface area contributed by atoms with Crippen LogP contribution in [0.5, 0.6) is 5.75 Å². The molecule has 0 N–H and O–H groups in total. The van der Waals surface area contributed by atoms with E-state index in [1.54, 1.807) is 6.07 Å². The van der Waals surface area contributed by atoms with Crippen molar-refractivity contribution in [2.24, 2.45) is 0 Å². The third-order valence-electron chi connectivity index (χ3n) is 10.0. The fraction of sp³-hybridized carbons (Fsp3) is 0.171.